The molecule has 23 heavy (non-hydrogen) atoms. The molecule has 1 aromatic rings. The van der Waals surface area contributed by atoms with E-state index in [1.54, 1.807) is 28.4 Å². The van der Waals surface area contributed by atoms with E-state index in [1.165, 1.54) is 0 Å². The SMILES string of the molecule is COC[C@H]1O[C@H](S(=O)c2ccccc2)[C@H](OC)[C@@H](OC)[C@H]1OC. The lowest BCUT2D eigenvalue weighted by atomic mass is 9.99. The van der Waals surface area contributed by atoms with Crippen molar-refractivity contribution in [3.63, 3.8) is 0 Å². The fourth-order valence-electron chi connectivity index (χ4n) is 2.84. The molecule has 0 spiro atoms. The van der Waals surface area contributed by atoms with Crippen LogP contribution < -0.4 is 0 Å². The summed E-state index contributed by atoms with van der Waals surface area (Å²) in [5.41, 5.74) is -0.668. The van der Waals surface area contributed by atoms with Gasteiger partial charge in [0.2, 0.25) is 0 Å². The first-order valence-electron chi connectivity index (χ1n) is 7.36. The summed E-state index contributed by atoms with van der Waals surface area (Å²) in [6.45, 7) is 0.317. The van der Waals surface area contributed by atoms with Crippen molar-refractivity contribution in [2.75, 3.05) is 35.0 Å². The Hall–Kier alpha value is -0.830. The fourth-order valence-corrected chi connectivity index (χ4v) is 4.29. The van der Waals surface area contributed by atoms with Gasteiger partial charge in [-0.1, -0.05) is 18.2 Å². The molecule has 0 aromatic heterocycles. The van der Waals surface area contributed by atoms with Gasteiger partial charge in [0.25, 0.3) is 0 Å². The Balaban J connectivity index is 2.31. The molecule has 1 aliphatic rings. The zero-order valence-electron chi connectivity index (χ0n) is 13.8. The van der Waals surface area contributed by atoms with Crippen molar-refractivity contribution in [2.24, 2.45) is 0 Å². The number of ether oxygens (including phenoxy) is 5. The van der Waals surface area contributed by atoms with Crippen LogP contribution in [0.25, 0.3) is 0 Å². The van der Waals surface area contributed by atoms with Crippen LogP contribution >= 0.6 is 0 Å². The smallest absolute Gasteiger partial charge is 0.166 e. The Kier molecular flexibility index (Phi) is 7.13. The molecule has 1 fully saturated rings. The molecule has 0 radical (unpaired) electrons. The van der Waals surface area contributed by atoms with Crippen LogP contribution in [-0.2, 0) is 34.5 Å². The third-order valence-corrected chi connectivity index (χ3v) is 5.46. The van der Waals surface area contributed by atoms with Gasteiger partial charge in [-0.05, 0) is 12.1 Å². The highest BCUT2D eigenvalue weighted by Gasteiger charge is 2.49. The highest BCUT2D eigenvalue weighted by molar-refractivity contribution is 7.85. The van der Waals surface area contributed by atoms with Crippen LogP contribution in [0, 0.1) is 0 Å². The second-order valence-corrected chi connectivity index (χ2v) is 6.74. The van der Waals surface area contributed by atoms with Crippen molar-refractivity contribution in [1.29, 1.82) is 0 Å². The molecule has 7 heteroatoms. The minimum atomic E-state index is -1.40. The molecule has 0 aliphatic carbocycles. The van der Waals surface area contributed by atoms with Gasteiger partial charge in [0, 0.05) is 33.3 Å². The van der Waals surface area contributed by atoms with Crippen LogP contribution in [0.4, 0.5) is 0 Å². The topological polar surface area (TPSA) is 63.2 Å². The molecule has 1 saturated heterocycles. The summed E-state index contributed by atoms with van der Waals surface area (Å²) in [6, 6.07) is 9.18. The zero-order valence-corrected chi connectivity index (χ0v) is 14.7. The van der Waals surface area contributed by atoms with Gasteiger partial charge in [0.05, 0.1) is 17.4 Å². The second-order valence-electron chi connectivity index (χ2n) is 5.21. The third-order valence-electron chi connectivity index (χ3n) is 3.93. The molecule has 6 nitrogen and oxygen atoms in total. The van der Waals surface area contributed by atoms with E-state index in [0.29, 0.717) is 11.5 Å². The molecular formula is C16H24O6S. The Bertz CT molecular complexity index is 497. The second kappa shape index (κ2) is 8.86. The van der Waals surface area contributed by atoms with E-state index in [2.05, 4.69) is 0 Å². The van der Waals surface area contributed by atoms with E-state index in [1.807, 2.05) is 30.3 Å². The number of methoxy groups -OCH3 is 4. The Labute approximate surface area is 139 Å². The maximum Gasteiger partial charge on any atom is 0.166 e. The summed E-state index contributed by atoms with van der Waals surface area (Å²) in [5.74, 6) is 0. The lowest BCUT2D eigenvalue weighted by Crippen LogP contribution is -2.61. The molecule has 2 rings (SSSR count). The molecule has 0 bridgehead atoms. The van der Waals surface area contributed by atoms with E-state index in [0.717, 1.165) is 0 Å². The number of rotatable bonds is 7. The molecule has 6 atom stereocenters. The highest BCUT2D eigenvalue weighted by atomic mass is 32.2. The van der Waals surface area contributed by atoms with Crippen molar-refractivity contribution in [1.82, 2.24) is 0 Å². The number of hydrogen-bond acceptors (Lipinski definition) is 6. The van der Waals surface area contributed by atoms with Crippen molar-refractivity contribution in [3.8, 4) is 0 Å². The first kappa shape index (κ1) is 18.5. The molecule has 1 aromatic carbocycles. The van der Waals surface area contributed by atoms with E-state index in [9.17, 15) is 4.21 Å². The Morgan fingerprint density at radius 3 is 2.09 bits per heavy atom. The molecule has 1 unspecified atom stereocenters. The first-order valence-corrected chi connectivity index (χ1v) is 8.57. The van der Waals surface area contributed by atoms with Crippen molar-refractivity contribution >= 4 is 10.8 Å². The van der Waals surface area contributed by atoms with Crippen LogP contribution in [0.1, 0.15) is 0 Å². The van der Waals surface area contributed by atoms with E-state index in [-0.39, 0.29) is 12.2 Å². The van der Waals surface area contributed by atoms with E-state index >= 15 is 0 Å². The van der Waals surface area contributed by atoms with Gasteiger partial charge in [-0.25, -0.2) is 0 Å². The van der Waals surface area contributed by atoms with Crippen LogP contribution in [-0.4, -0.2) is 69.1 Å². The molecule has 1 heterocycles. The van der Waals surface area contributed by atoms with E-state index in [4.69, 9.17) is 23.7 Å². The maximum atomic E-state index is 12.9. The molecular weight excluding hydrogens is 320 g/mol. The molecule has 130 valence electrons. The minimum absolute atomic E-state index is 0.317. The molecule has 0 saturated carbocycles. The van der Waals surface area contributed by atoms with Crippen molar-refractivity contribution < 1.29 is 27.9 Å². The monoisotopic (exact) mass is 344 g/mol. The number of benzene rings is 1. The Morgan fingerprint density at radius 1 is 0.957 bits per heavy atom. The third kappa shape index (κ3) is 3.99. The molecule has 1 aliphatic heterocycles. The van der Waals surface area contributed by atoms with Gasteiger partial charge >= 0.3 is 0 Å². The van der Waals surface area contributed by atoms with Crippen LogP contribution in [0.15, 0.2) is 35.2 Å². The normalized spacial score (nSPS) is 32.6. The zero-order chi connectivity index (χ0) is 16.8. The van der Waals surface area contributed by atoms with Gasteiger partial charge in [-0.3, -0.25) is 4.21 Å². The largest absolute Gasteiger partial charge is 0.382 e. The molecule has 0 N–H and O–H groups in total. The van der Waals surface area contributed by atoms with Gasteiger partial charge in [0.15, 0.2) is 5.44 Å². The average Bonchev–Trinajstić information content (AvgIpc) is 2.60. The first-order chi connectivity index (χ1) is 11.2. The lowest BCUT2D eigenvalue weighted by molar-refractivity contribution is -0.229. The van der Waals surface area contributed by atoms with E-state index < -0.39 is 28.4 Å². The summed E-state index contributed by atoms with van der Waals surface area (Å²) >= 11 is 0. The summed E-state index contributed by atoms with van der Waals surface area (Å²) in [4.78, 5) is 0.682. The van der Waals surface area contributed by atoms with Crippen LogP contribution in [0.5, 0.6) is 0 Å². The van der Waals surface area contributed by atoms with Gasteiger partial charge in [-0.2, -0.15) is 0 Å². The fraction of sp³-hybridized carbons (Fsp3) is 0.625. The molecule has 0 amide bonds. The highest BCUT2D eigenvalue weighted by Crippen LogP contribution is 2.31. The standard InChI is InChI=1S/C16H24O6S/c1-18-10-12-13(19-2)14(20-3)15(21-4)16(22-12)23(17)11-8-6-5-7-9-11/h5-9,12-16H,10H2,1-4H3/t12-,13+,14+,15-,16-,23?/m1/s1. The maximum absolute atomic E-state index is 12.9. The lowest BCUT2D eigenvalue weighted by Gasteiger charge is -2.44. The van der Waals surface area contributed by atoms with Crippen LogP contribution in [0.3, 0.4) is 0 Å². The minimum Gasteiger partial charge on any atom is -0.382 e. The van der Waals surface area contributed by atoms with Gasteiger partial charge in [-0.15, -0.1) is 0 Å². The summed E-state index contributed by atoms with van der Waals surface area (Å²) < 4.78 is 40.8. The number of hydrogen-bond donors (Lipinski definition) is 0. The summed E-state index contributed by atoms with van der Waals surface area (Å²) in [6.07, 6.45) is -1.68. The van der Waals surface area contributed by atoms with Crippen molar-refractivity contribution in [3.05, 3.63) is 30.3 Å². The average molecular weight is 344 g/mol. The Morgan fingerprint density at radius 2 is 1.57 bits per heavy atom. The predicted molar refractivity (Wildman–Crippen MR) is 85.8 cm³/mol. The quantitative estimate of drug-likeness (QED) is 0.741. The summed E-state index contributed by atoms with van der Waals surface area (Å²) in [5, 5.41) is 0. The van der Waals surface area contributed by atoms with Gasteiger partial charge in [0.1, 0.15) is 24.4 Å². The van der Waals surface area contributed by atoms with Gasteiger partial charge < -0.3 is 23.7 Å². The van der Waals surface area contributed by atoms with Crippen molar-refractivity contribution in [2.45, 2.75) is 34.7 Å². The van der Waals surface area contributed by atoms with Crippen LogP contribution in [0.2, 0.25) is 0 Å². The summed E-state index contributed by atoms with van der Waals surface area (Å²) in [7, 11) is 4.91. The predicted octanol–water partition coefficient (Wildman–Crippen LogP) is 1.21.